The van der Waals surface area contributed by atoms with Gasteiger partial charge in [0, 0.05) is 13.0 Å². The average molecular weight is 329 g/mol. The number of nitrogens with zero attached hydrogens (tertiary/aromatic N) is 1. The lowest BCUT2D eigenvalue weighted by Crippen LogP contribution is -2.30. The molecular weight excluding hydrogens is 304 g/mol. The second-order valence-electron chi connectivity index (χ2n) is 6.67. The van der Waals surface area contributed by atoms with E-state index >= 15 is 0 Å². The molecule has 0 bridgehead atoms. The summed E-state index contributed by atoms with van der Waals surface area (Å²) in [4.78, 5) is 4.78. The van der Waals surface area contributed by atoms with Gasteiger partial charge in [-0.25, -0.2) is 0 Å². The van der Waals surface area contributed by atoms with Crippen LogP contribution in [0.2, 0.25) is 0 Å². The second kappa shape index (κ2) is 7.35. The van der Waals surface area contributed by atoms with Crippen LogP contribution in [0.1, 0.15) is 50.1 Å². The van der Waals surface area contributed by atoms with E-state index in [4.69, 9.17) is 4.99 Å². The molecule has 122 valence electrons. The van der Waals surface area contributed by atoms with E-state index in [1.54, 1.807) is 0 Å². The number of halogens is 1. The molecule has 1 N–H and O–H groups in total. The highest BCUT2D eigenvalue weighted by molar-refractivity contribution is 5.88. The van der Waals surface area contributed by atoms with E-state index in [0.29, 0.717) is 6.04 Å². The Morgan fingerprint density at radius 1 is 0.957 bits per heavy atom. The second-order valence-corrected chi connectivity index (χ2v) is 6.67. The van der Waals surface area contributed by atoms with Crippen molar-refractivity contribution < 1.29 is 0 Å². The third kappa shape index (κ3) is 3.69. The molecule has 1 aliphatic carbocycles. The highest BCUT2D eigenvalue weighted by atomic mass is 35.5. The van der Waals surface area contributed by atoms with E-state index in [2.05, 4.69) is 47.8 Å². The predicted molar refractivity (Wildman–Crippen MR) is 101 cm³/mol. The van der Waals surface area contributed by atoms with Crippen LogP contribution in [0.5, 0.6) is 0 Å². The molecule has 1 heterocycles. The Balaban J connectivity index is 0.00000156. The van der Waals surface area contributed by atoms with Crippen LogP contribution < -0.4 is 5.32 Å². The van der Waals surface area contributed by atoms with E-state index in [9.17, 15) is 0 Å². The van der Waals surface area contributed by atoms with Crippen LogP contribution in [0, 0.1) is 5.92 Å². The van der Waals surface area contributed by atoms with Gasteiger partial charge in [-0.15, -0.1) is 12.4 Å². The summed E-state index contributed by atoms with van der Waals surface area (Å²) in [5, 5.41) is 6.55. The van der Waals surface area contributed by atoms with Crippen molar-refractivity contribution in [2.45, 2.75) is 44.6 Å². The lowest BCUT2D eigenvalue weighted by Gasteiger charge is -2.22. The fourth-order valence-electron chi connectivity index (χ4n) is 3.57. The molecule has 2 aromatic rings. The summed E-state index contributed by atoms with van der Waals surface area (Å²) in [7, 11) is 0. The molecule has 1 saturated carbocycles. The summed E-state index contributed by atoms with van der Waals surface area (Å²) in [6.45, 7) is 0.995. The minimum Gasteiger partial charge on any atom is -0.367 e. The third-order valence-corrected chi connectivity index (χ3v) is 4.95. The number of fused-ring (bicyclic) bond motifs is 1. The summed E-state index contributed by atoms with van der Waals surface area (Å²) in [6.07, 6.45) is 7.64. The summed E-state index contributed by atoms with van der Waals surface area (Å²) in [5.41, 5.74) is 1.45. The van der Waals surface area contributed by atoms with Crippen molar-refractivity contribution in [3.05, 3.63) is 48.0 Å². The highest BCUT2D eigenvalue weighted by Crippen LogP contribution is 2.43. The van der Waals surface area contributed by atoms with Crippen LogP contribution in [0.3, 0.4) is 0 Å². The first-order chi connectivity index (χ1) is 10.9. The fourth-order valence-corrected chi connectivity index (χ4v) is 3.57. The van der Waals surface area contributed by atoms with E-state index in [-0.39, 0.29) is 12.4 Å². The summed E-state index contributed by atoms with van der Waals surface area (Å²) < 4.78 is 0. The van der Waals surface area contributed by atoms with Crippen molar-refractivity contribution in [1.82, 2.24) is 5.32 Å². The minimum atomic E-state index is 0. The first-order valence-electron chi connectivity index (χ1n) is 8.69. The van der Waals surface area contributed by atoms with E-state index in [0.717, 1.165) is 18.9 Å². The minimum absolute atomic E-state index is 0. The Kier molecular flexibility index (Phi) is 5.22. The van der Waals surface area contributed by atoms with Crippen LogP contribution in [-0.4, -0.2) is 12.4 Å². The zero-order valence-corrected chi connectivity index (χ0v) is 14.3. The van der Waals surface area contributed by atoms with Gasteiger partial charge in [-0.05, 0) is 47.9 Å². The van der Waals surface area contributed by atoms with Gasteiger partial charge in [0.1, 0.15) is 0 Å². The number of nitrogens with one attached hydrogen (secondary N) is 1. The van der Waals surface area contributed by atoms with Crippen LogP contribution >= 0.6 is 12.4 Å². The van der Waals surface area contributed by atoms with Gasteiger partial charge in [-0.1, -0.05) is 48.9 Å². The third-order valence-electron chi connectivity index (χ3n) is 4.95. The van der Waals surface area contributed by atoms with Crippen molar-refractivity contribution in [1.29, 1.82) is 0 Å². The largest absolute Gasteiger partial charge is 0.367 e. The Labute approximate surface area is 144 Å². The van der Waals surface area contributed by atoms with Crippen molar-refractivity contribution in [2.24, 2.45) is 10.9 Å². The van der Waals surface area contributed by atoms with Crippen LogP contribution in [-0.2, 0) is 0 Å². The molecule has 0 spiro atoms. The normalized spacial score (nSPS) is 19.4. The van der Waals surface area contributed by atoms with Crippen LogP contribution in [0.15, 0.2) is 47.5 Å². The zero-order chi connectivity index (χ0) is 14.8. The molecule has 0 aromatic heterocycles. The molecule has 0 saturated heterocycles. The SMILES string of the molecule is Cl.c1ccc2c(C(NC3=NCCCCC3)C3CC3)cccc2c1. The number of aliphatic imine (C=N–C) groups is 1. The summed E-state index contributed by atoms with van der Waals surface area (Å²) in [6, 6.07) is 15.9. The fraction of sp³-hybridized carbons (Fsp3) is 0.450. The molecule has 23 heavy (non-hydrogen) atoms. The van der Waals surface area contributed by atoms with Gasteiger partial charge in [0.05, 0.1) is 11.9 Å². The molecule has 1 aliphatic heterocycles. The van der Waals surface area contributed by atoms with Gasteiger partial charge >= 0.3 is 0 Å². The van der Waals surface area contributed by atoms with Gasteiger partial charge < -0.3 is 5.32 Å². The van der Waals surface area contributed by atoms with Gasteiger partial charge in [-0.3, -0.25) is 4.99 Å². The number of hydrogen-bond acceptors (Lipinski definition) is 2. The molecule has 2 nitrogen and oxygen atoms in total. The van der Waals surface area contributed by atoms with Gasteiger partial charge in [-0.2, -0.15) is 0 Å². The average Bonchev–Trinajstić information content (AvgIpc) is 3.39. The topological polar surface area (TPSA) is 24.4 Å². The Morgan fingerprint density at radius 2 is 1.78 bits per heavy atom. The first-order valence-corrected chi connectivity index (χ1v) is 8.69. The highest BCUT2D eigenvalue weighted by Gasteiger charge is 2.33. The predicted octanol–water partition coefficient (Wildman–Crippen LogP) is 5.27. The molecule has 4 rings (SSSR count). The Bertz CT molecular complexity index is 686. The smallest absolute Gasteiger partial charge is 0.0967 e. The van der Waals surface area contributed by atoms with E-state index in [1.165, 1.54) is 54.3 Å². The summed E-state index contributed by atoms with van der Waals surface area (Å²) >= 11 is 0. The molecule has 2 aromatic carbocycles. The van der Waals surface area contributed by atoms with Gasteiger partial charge in [0.2, 0.25) is 0 Å². The number of hydrogen-bond donors (Lipinski definition) is 1. The van der Waals surface area contributed by atoms with Gasteiger partial charge in [0.25, 0.3) is 0 Å². The zero-order valence-electron chi connectivity index (χ0n) is 13.5. The van der Waals surface area contributed by atoms with Crippen molar-refractivity contribution >= 4 is 29.0 Å². The van der Waals surface area contributed by atoms with Crippen molar-refractivity contribution in [3.8, 4) is 0 Å². The first kappa shape index (κ1) is 16.3. The number of rotatable bonds is 3. The lowest BCUT2D eigenvalue weighted by molar-refractivity contribution is 0.567. The molecule has 3 heteroatoms. The quantitative estimate of drug-likeness (QED) is 0.815. The molecule has 0 radical (unpaired) electrons. The molecule has 0 amide bonds. The Morgan fingerprint density at radius 3 is 2.65 bits per heavy atom. The number of amidine groups is 1. The summed E-state index contributed by atoms with van der Waals surface area (Å²) in [5.74, 6) is 2.01. The maximum Gasteiger partial charge on any atom is 0.0967 e. The Hall–Kier alpha value is -1.54. The standard InChI is InChI=1S/C20H24N2.ClH/c1-2-11-19(21-14-5-1)22-20(16-12-13-16)18-10-6-8-15-7-3-4-9-17(15)18;/h3-4,6-10,16,20H,1-2,5,11-14H2,(H,21,22);1H. The van der Waals surface area contributed by atoms with Crippen LogP contribution in [0.25, 0.3) is 10.8 Å². The maximum absolute atomic E-state index is 4.78. The number of benzene rings is 2. The van der Waals surface area contributed by atoms with Crippen LogP contribution in [0.4, 0.5) is 0 Å². The van der Waals surface area contributed by atoms with Crippen molar-refractivity contribution in [2.75, 3.05) is 6.54 Å². The maximum atomic E-state index is 4.78. The van der Waals surface area contributed by atoms with Gasteiger partial charge in [0.15, 0.2) is 0 Å². The van der Waals surface area contributed by atoms with E-state index in [1.807, 2.05) is 0 Å². The van der Waals surface area contributed by atoms with Crippen molar-refractivity contribution in [3.63, 3.8) is 0 Å². The molecule has 1 fully saturated rings. The molecule has 1 unspecified atom stereocenters. The monoisotopic (exact) mass is 328 g/mol. The molecule has 1 atom stereocenters. The molecule has 2 aliphatic rings. The lowest BCUT2D eigenvalue weighted by atomic mass is 9.95. The molecular formula is C20H25ClN2. The van der Waals surface area contributed by atoms with E-state index < -0.39 is 0 Å².